The minimum absolute atomic E-state index is 0.549. The molecule has 0 radical (unpaired) electrons. The predicted octanol–water partition coefficient (Wildman–Crippen LogP) is 3.20. The Morgan fingerprint density at radius 3 is 2.68 bits per heavy atom. The highest BCUT2D eigenvalue weighted by atomic mass is 79.9. The largest absolute Gasteiger partial charge is 0.385 e. The lowest BCUT2D eigenvalue weighted by Crippen LogP contribution is -2.25. The third-order valence-electron chi connectivity index (χ3n) is 3.36. The Hall–Kier alpha value is -1.13. The predicted molar refractivity (Wildman–Crippen MR) is 80.0 cm³/mol. The fourth-order valence-electron chi connectivity index (χ4n) is 2.19. The smallest absolute Gasteiger partial charge is 0.0924 e. The lowest BCUT2D eigenvalue weighted by atomic mass is 9.91. The maximum atomic E-state index is 10.7. The van der Waals surface area contributed by atoms with Gasteiger partial charge in [-0.05, 0) is 37.1 Å². The molecule has 1 unspecified atom stereocenters. The summed E-state index contributed by atoms with van der Waals surface area (Å²) in [6, 6.07) is 9.86. The van der Waals surface area contributed by atoms with Gasteiger partial charge in [-0.2, -0.15) is 5.10 Å². The monoisotopic (exact) mass is 322 g/mol. The SMILES string of the molecule is CCc1cc(CC(C)(O)c2cccc(Br)c2)n(C)n1. The second-order valence-corrected chi connectivity index (χ2v) is 5.98. The van der Waals surface area contributed by atoms with Gasteiger partial charge in [-0.25, -0.2) is 0 Å². The number of rotatable bonds is 4. The first-order valence-corrected chi connectivity index (χ1v) is 7.22. The zero-order valence-corrected chi connectivity index (χ0v) is 13.1. The molecule has 1 heterocycles. The molecule has 1 aromatic carbocycles. The van der Waals surface area contributed by atoms with Crippen molar-refractivity contribution in [3.05, 3.63) is 51.8 Å². The van der Waals surface area contributed by atoms with E-state index in [-0.39, 0.29) is 0 Å². The number of aliphatic hydroxyl groups is 1. The molecule has 0 fully saturated rings. The number of hydrogen-bond acceptors (Lipinski definition) is 2. The Bertz CT molecular complexity index is 575. The Kier molecular flexibility index (Phi) is 4.11. The summed E-state index contributed by atoms with van der Waals surface area (Å²) in [6.07, 6.45) is 1.46. The Labute approximate surface area is 122 Å². The van der Waals surface area contributed by atoms with E-state index in [1.807, 2.05) is 42.9 Å². The van der Waals surface area contributed by atoms with Gasteiger partial charge >= 0.3 is 0 Å². The molecule has 19 heavy (non-hydrogen) atoms. The van der Waals surface area contributed by atoms with Crippen LogP contribution >= 0.6 is 15.9 Å². The summed E-state index contributed by atoms with van der Waals surface area (Å²) < 4.78 is 2.83. The van der Waals surface area contributed by atoms with Crippen LogP contribution in [-0.2, 0) is 25.5 Å². The van der Waals surface area contributed by atoms with E-state index in [9.17, 15) is 5.11 Å². The molecule has 0 aliphatic heterocycles. The number of benzene rings is 1. The van der Waals surface area contributed by atoms with Gasteiger partial charge in [0, 0.05) is 23.6 Å². The summed E-state index contributed by atoms with van der Waals surface area (Å²) in [4.78, 5) is 0. The fourth-order valence-corrected chi connectivity index (χ4v) is 2.59. The average molecular weight is 323 g/mol. The zero-order valence-electron chi connectivity index (χ0n) is 11.5. The standard InChI is InChI=1S/C15H19BrN2O/c1-4-13-9-14(18(3)17-13)10-15(2,19)11-6-5-7-12(16)8-11/h5-9,19H,4,10H2,1-3H3. The normalized spacial score (nSPS) is 14.4. The number of aryl methyl sites for hydroxylation is 2. The summed E-state index contributed by atoms with van der Waals surface area (Å²) in [7, 11) is 1.92. The molecule has 1 aromatic heterocycles. The van der Waals surface area contributed by atoms with E-state index in [1.165, 1.54) is 0 Å². The van der Waals surface area contributed by atoms with Gasteiger partial charge in [0.2, 0.25) is 0 Å². The molecule has 2 aromatic rings. The highest BCUT2D eigenvalue weighted by Crippen LogP contribution is 2.27. The summed E-state index contributed by atoms with van der Waals surface area (Å²) in [6.45, 7) is 3.92. The van der Waals surface area contributed by atoms with E-state index in [0.29, 0.717) is 6.42 Å². The lowest BCUT2D eigenvalue weighted by Gasteiger charge is -2.24. The van der Waals surface area contributed by atoms with Crippen LogP contribution in [0.3, 0.4) is 0 Å². The molecule has 1 atom stereocenters. The van der Waals surface area contributed by atoms with E-state index in [0.717, 1.165) is 27.8 Å². The van der Waals surface area contributed by atoms with Crippen molar-refractivity contribution in [1.29, 1.82) is 0 Å². The Morgan fingerprint density at radius 1 is 1.37 bits per heavy atom. The van der Waals surface area contributed by atoms with Gasteiger partial charge in [-0.15, -0.1) is 0 Å². The molecule has 0 bridgehead atoms. The van der Waals surface area contributed by atoms with Crippen molar-refractivity contribution < 1.29 is 5.11 Å². The van der Waals surface area contributed by atoms with Crippen molar-refractivity contribution in [2.24, 2.45) is 7.05 Å². The summed E-state index contributed by atoms with van der Waals surface area (Å²) in [5.74, 6) is 0. The molecule has 0 saturated heterocycles. The second-order valence-electron chi connectivity index (χ2n) is 5.07. The fraction of sp³-hybridized carbons (Fsp3) is 0.400. The van der Waals surface area contributed by atoms with E-state index < -0.39 is 5.60 Å². The molecule has 0 aliphatic rings. The van der Waals surface area contributed by atoms with E-state index in [1.54, 1.807) is 0 Å². The summed E-state index contributed by atoms with van der Waals surface area (Å²) in [5, 5.41) is 15.1. The van der Waals surface area contributed by atoms with Crippen LogP contribution in [0.2, 0.25) is 0 Å². The van der Waals surface area contributed by atoms with E-state index >= 15 is 0 Å². The van der Waals surface area contributed by atoms with E-state index in [4.69, 9.17) is 0 Å². The van der Waals surface area contributed by atoms with E-state index in [2.05, 4.69) is 34.0 Å². The van der Waals surface area contributed by atoms with Crippen molar-refractivity contribution in [3.63, 3.8) is 0 Å². The molecule has 1 N–H and O–H groups in total. The van der Waals surface area contributed by atoms with Crippen LogP contribution in [0, 0.1) is 0 Å². The van der Waals surface area contributed by atoms with Crippen LogP contribution in [-0.4, -0.2) is 14.9 Å². The van der Waals surface area contributed by atoms with Crippen LogP contribution in [0.4, 0.5) is 0 Å². The number of aromatic nitrogens is 2. The molecule has 102 valence electrons. The van der Waals surface area contributed by atoms with Crippen LogP contribution in [0.25, 0.3) is 0 Å². The van der Waals surface area contributed by atoms with Crippen LogP contribution < -0.4 is 0 Å². The number of halogens is 1. The van der Waals surface area contributed by atoms with Gasteiger partial charge in [-0.1, -0.05) is 35.0 Å². The van der Waals surface area contributed by atoms with Crippen LogP contribution in [0.1, 0.15) is 30.8 Å². The van der Waals surface area contributed by atoms with Crippen molar-refractivity contribution in [2.75, 3.05) is 0 Å². The molecule has 0 amide bonds. The van der Waals surface area contributed by atoms with Crippen molar-refractivity contribution in [1.82, 2.24) is 9.78 Å². The summed E-state index contributed by atoms with van der Waals surface area (Å²) in [5.41, 5.74) is 2.10. The molecule has 4 heteroatoms. The van der Waals surface area contributed by atoms with Gasteiger partial charge in [-0.3, -0.25) is 4.68 Å². The Morgan fingerprint density at radius 2 is 2.11 bits per heavy atom. The molecule has 2 rings (SSSR count). The quantitative estimate of drug-likeness (QED) is 0.938. The average Bonchev–Trinajstić information content (AvgIpc) is 2.70. The third kappa shape index (κ3) is 3.25. The van der Waals surface area contributed by atoms with Gasteiger partial charge in [0.05, 0.1) is 11.3 Å². The van der Waals surface area contributed by atoms with Crippen molar-refractivity contribution in [3.8, 4) is 0 Å². The lowest BCUT2D eigenvalue weighted by molar-refractivity contribution is 0.0555. The highest BCUT2D eigenvalue weighted by Gasteiger charge is 2.25. The molecule has 0 saturated carbocycles. The van der Waals surface area contributed by atoms with Crippen LogP contribution in [0.15, 0.2) is 34.8 Å². The molecule has 0 spiro atoms. The molecule has 3 nitrogen and oxygen atoms in total. The number of nitrogens with zero attached hydrogens (tertiary/aromatic N) is 2. The van der Waals surface area contributed by atoms with Crippen LogP contribution in [0.5, 0.6) is 0 Å². The van der Waals surface area contributed by atoms with Gasteiger partial charge in [0.15, 0.2) is 0 Å². The maximum Gasteiger partial charge on any atom is 0.0924 e. The minimum Gasteiger partial charge on any atom is -0.385 e. The third-order valence-corrected chi connectivity index (χ3v) is 3.85. The van der Waals surface area contributed by atoms with Gasteiger partial charge < -0.3 is 5.11 Å². The first-order valence-electron chi connectivity index (χ1n) is 6.42. The minimum atomic E-state index is -0.900. The van der Waals surface area contributed by atoms with Crippen molar-refractivity contribution in [2.45, 2.75) is 32.3 Å². The first kappa shape index (κ1) is 14.3. The molecular formula is C15H19BrN2O. The topological polar surface area (TPSA) is 38.0 Å². The molecular weight excluding hydrogens is 304 g/mol. The zero-order chi connectivity index (χ0) is 14.0. The second kappa shape index (κ2) is 5.47. The molecule has 0 aliphatic carbocycles. The highest BCUT2D eigenvalue weighted by molar-refractivity contribution is 9.10. The van der Waals surface area contributed by atoms with Gasteiger partial charge in [0.1, 0.15) is 0 Å². The summed E-state index contributed by atoms with van der Waals surface area (Å²) >= 11 is 3.44. The van der Waals surface area contributed by atoms with Crippen molar-refractivity contribution >= 4 is 15.9 Å². The number of hydrogen-bond donors (Lipinski definition) is 1. The Balaban J connectivity index is 2.27. The maximum absolute atomic E-state index is 10.7. The first-order chi connectivity index (χ1) is 8.92. The van der Waals surface area contributed by atoms with Gasteiger partial charge in [0.25, 0.3) is 0 Å².